The normalized spacial score (nSPS) is 18.7. The molecule has 136 valence electrons. The molecule has 0 radical (unpaired) electrons. The number of fused-ring (bicyclic) bond motifs is 1. The first-order valence-corrected chi connectivity index (χ1v) is 8.94. The fourth-order valence-corrected chi connectivity index (χ4v) is 3.69. The number of hydrazone groups is 1. The van der Waals surface area contributed by atoms with Crippen molar-refractivity contribution in [1.29, 1.82) is 0 Å². The zero-order chi connectivity index (χ0) is 18.7. The standard InChI is InChI=1S/C20H20ClFN2O2/c1-2-3-10-20(13-26)19-14(6-4-8-17(19)22)11-23-24(20)18-9-5-7-16(21)15(18)12-25/h4-9,11,13,25H,2-3,10,12H2,1H3. The van der Waals surface area contributed by atoms with Gasteiger partial charge in [0.1, 0.15) is 11.4 Å². The van der Waals surface area contributed by atoms with E-state index in [1.807, 2.05) is 6.92 Å². The summed E-state index contributed by atoms with van der Waals surface area (Å²) in [6.45, 7) is 1.70. The summed E-state index contributed by atoms with van der Waals surface area (Å²) in [6.07, 6.45) is 4.25. The number of hydrogen-bond donors (Lipinski definition) is 1. The molecule has 4 nitrogen and oxygen atoms in total. The molecule has 1 unspecified atom stereocenters. The van der Waals surface area contributed by atoms with E-state index in [1.54, 1.807) is 30.3 Å². The molecule has 0 aliphatic carbocycles. The molecule has 0 spiro atoms. The van der Waals surface area contributed by atoms with Gasteiger partial charge >= 0.3 is 0 Å². The number of carbonyl (C=O) groups excluding carboxylic acids is 1. The van der Waals surface area contributed by atoms with E-state index in [4.69, 9.17) is 11.6 Å². The predicted molar refractivity (Wildman–Crippen MR) is 101 cm³/mol. The molecule has 1 aliphatic rings. The second kappa shape index (κ2) is 7.56. The summed E-state index contributed by atoms with van der Waals surface area (Å²) in [6, 6.07) is 9.81. The summed E-state index contributed by atoms with van der Waals surface area (Å²) >= 11 is 6.22. The molecule has 2 aromatic rings. The second-order valence-electron chi connectivity index (χ2n) is 6.30. The van der Waals surface area contributed by atoms with Crippen LogP contribution in [0.2, 0.25) is 5.02 Å². The number of unbranched alkanes of at least 4 members (excludes halogenated alkanes) is 1. The van der Waals surface area contributed by atoms with Crippen LogP contribution in [-0.4, -0.2) is 17.6 Å². The van der Waals surface area contributed by atoms with Crippen molar-refractivity contribution in [3.05, 3.63) is 63.9 Å². The van der Waals surface area contributed by atoms with Gasteiger partial charge in [0, 0.05) is 21.7 Å². The minimum Gasteiger partial charge on any atom is -0.392 e. The van der Waals surface area contributed by atoms with Crippen LogP contribution in [0.25, 0.3) is 0 Å². The van der Waals surface area contributed by atoms with E-state index >= 15 is 0 Å². The second-order valence-corrected chi connectivity index (χ2v) is 6.71. The molecule has 2 aromatic carbocycles. The predicted octanol–water partition coefficient (Wildman–Crippen LogP) is 4.41. The number of carbonyl (C=O) groups is 1. The van der Waals surface area contributed by atoms with E-state index < -0.39 is 11.4 Å². The molecule has 0 amide bonds. The summed E-state index contributed by atoms with van der Waals surface area (Å²) in [4.78, 5) is 12.4. The van der Waals surface area contributed by atoms with Crippen molar-refractivity contribution in [1.82, 2.24) is 0 Å². The van der Waals surface area contributed by atoms with Crippen molar-refractivity contribution in [2.75, 3.05) is 5.01 Å². The van der Waals surface area contributed by atoms with Gasteiger partial charge < -0.3 is 9.90 Å². The highest BCUT2D eigenvalue weighted by molar-refractivity contribution is 6.31. The third-order valence-corrected chi connectivity index (χ3v) is 5.11. The van der Waals surface area contributed by atoms with Crippen molar-refractivity contribution in [3.8, 4) is 0 Å². The number of hydrogen-bond acceptors (Lipinski definition) is 4. The minimum absolute atomic E-state index is 0.308. The van der Waals surface area contributed by atoms with Crippen LogP contribution >= 0.6 is 11.6 Å². The molecule has 26 heavy (non-hydrogen) atoms. The van der Waals surface area contributed by atoms with Crippen LogP contribution in [0.15, 0.2) is 41.5 Å². The fourth-order valence-electron chi connectivity index (χ4n) is 3.46. The third-order valence-electron chi connectivity index (χ3n) is 4.76. The zero-order valence-corrected chi connectivity index (χ0v) is 15.2. The molecule has 0 saturated carbocycles. The smallest absolute Gasteiger partial charge is 0.152 e. The molecule has 0 bridgehead atoms. The van der Waals surface area contributed by atoms with Gasteiger partial charge in [0.15, 0.2) is 6.29 Å². The Labute approximate surface area is 156 Å². The van der Waals surface area contributed by atoms with Gasteiger partial charge in [0.25, 0.3) is 0 Å². The van der Waals surface area contributed by atoms with Gasteiger partial charge in [0.2, 0.25) is 0 Å². The van der Waals surface area contributed by atoms with Crippen molar-refractivity contribution in [3.63, 3.8) is 0 Å². The molecule has 1 atom stereocenters. The van der Waals surface area contributed by atoms with Crippen molar-refractivity contribution in [2.24, 2.45) is 5.10 Å². The fraction of sp³-hybridized carbons (Fsp3) is 0.300. The maximum Gasteiger partial charge on any atom is 0.152 e. The Morgan fingerprint density at radius 2 is 2.08 bits per heavy atom. The molecular weight excluding hydrogens is 355 g/mol. The Hall–Kier alpha value is -2.24. The van der Waals surface area contributed by atoms with Gasteiger partial charge in [-0.25, -0.2) is 9.40 Å². The Morgan fingerprint density at radius 3 is 2.77 bits per heavy atom. The van der Waals surface area contributed by atoms with Gasteiger partial charge in [-0.2, -0.15) is 5.10 Å². The Morgan fingerprint density at radius 1 is 1.31 bits per heavy atom. The minimum atomic E-state index is -1.29. The number of anilines is 1. The topological polar surface area (TPSA) is 52.9 Å². The molecule has 0 fully saturated rings. The highest BCUT2D eigenvalue weighted by Crippen LogP contribution is 2.43. The summed E-state index contributed by atoms with van der Waals surface area (Å²) in [7, 11) is 0. The third kappa shape index (κ3) is 2.91. The highest BCUT2D eigenvalue weighted by Gasteiger charge is 2.45. The monoisotopic (exact) mass is 374 g/mol. The van der Waals surface area contributed by atoms with Crippen LogP contribution in [0.4, 0.5) is 10.1 Å². The average molecular weight is 375 g/mol. The number of nitrogens with zero attached hydrogens (tertiary/aromatic N) is 2. The van der Waals surface area contributed by atoms with E-state index in [2.05, 4.69) is 5.10 Å². The maximum atomic E-state index is 14.8. The van der Waals surface area contributed by atoms with E-state index in [1.165, 1.54) is 17.3 Å². The Kier molecular flexibility index (Phi) is 5.39. The molecule has 1 aliphatic heterocycles. The van der Waals surface area contributed by atoms with E-state index in [-0.39, 0.29) is 6.61 Å². The van der Waals surface area contributed by atoms with Gasteiger partial charge in [-0.3, -0.25) is 0 Å². The van der Waals surface area contributed by atoms with Crippen LogP contribution in [0.5, 0.6) is 0 Å². The SMILES string of the molecule is CCCCC1(C=O)c2c(F)cccc2C=NN1c1cccc(Cl)c1CO. The van der Waals surface area contributed by atoms with Crippen LogP contribution in [-0.2, 0) is 16.9 Å². The lowest BCUT2D eigenvalue weighted by Gasteiger charge is -2.42. The quantitative estimate of drug-likeness (QED) is 0.762. The van der Waals surface area contributed by atoms with Crippen molar-refractivity contribution < 1.29 is 14.3 Å². The summed E-state index contributed by atoms with van der Waals surface area (Å²) < 4.78 is 14.8. The van der Waals surface area contributed by atoms with E-state index in [9.17, 15) is 14.3 Å². The number of rotatable bonds is 6. The average Bonchev–Trinajstić information content (AvgIpc) is 2.66. The number of aliphatic hydroxyl groups excluding tert-OH is 1. The molecule has 0 saturated heterocycles. The summed E-state index contributed by atoms with van der Waals surface area (Å²) in [5.74, 6) is -0.450. The molecule has 0 aromatic heterocycles. The number of benzene rings is 2. The summed E-state index contributed by atoms with van der Waals surface area (Å²) in [5.41, 5.74) is 0.543. The lowest BCUT2D eigenvalue weighted by molar-refractivity contribution is -0.113. The first-order chi connectivity index (χ1) is 12.6. The van der Waals surface area contributed by atoms with Crippen LogP contribution < -0.4 is 5.01 Å². The van der Waals surface area contributed by atoms with Gasteiger partial charge in [-0.05, 0) is 24.6 Å². The van der Waals surface area contributed by atoms with Crippen molar-refractivity contribution >= 4 is 29.8 Å². The highest BCUT2D eigenvalue weighted by atomic mass is 35.5. The zero-order valence-electron chi connectivity index (χ0n) is 14.5. The number of aliphatic hydroxyl groups is 1. The van der Waals surface area contributed by atoms with Gasteiger partial charge in [-0.1, -0.05) is 49.6 Å². The first-order valence-electron chi connectivity index (χ1n) is 8.56. The van der Waals surface area contributed by atoms with E-state index in [0.717, 1.165) is 12.7 Å². The molecular formula is C20H20ClFN2O2. The van der Waals surface area contributed by atoms with E-state index in [0.29, 0.717) is 40.2 Å². The maximum absolute atomic E-state index is 14.8. The van der Waals surface area contributed by atoms with Crippen molar-refractivity contribution in [2.45, 2.75) is 38.3 Å². The largest absolute Gasteiger partial charge is 0.392 e. The van der Waals surface area contributed by atoms with Gasteiger partial charge in [0.05, 0.1) is 18.5 Å². The lowest BCUT2D eigenvalue weighted by Crippen LogP contribution is -2.48. The Bertz CT molecular complexity index is 856. The number of halogens is 2. The number of aldehydes is 1. The van der Waals surface area contributed by atoms with Crippen LogP contribution in [0, 0.1) is 5.82 Å². The molecule has 6 heteroatoms. The van der Waals surface area contributed by atoms with Gasteiger partial charge in [-0.15, -0.1) is 0 Å². The summed E-state index contributed by atoms with van der Waals surface area (Å²) in [5, 5.41) is 16.1. The molecule has 1 N–H and O–H groups in total. The molecule has 1 heterocycles. The first kappa shape index (κ1) is 18.5. The Balaban J connectivity index is 2.27. The van der Waals surface area contributed by atoms with Crippen LogP contribution in [0.1, 0.15) is 42.9 Å². The molecule has 3 rings (SSSR count). The lowest BCUT2D eigenvalue weighted by atomic mass is 9.81. The van der Waals surface area contributed by atoms with Crippen LogP contribution in [0.3, 0.4) is 0 Å².